The largest absolute Gasteiger partial charge is 0.397 e. The molecule has 3 aliphatic carbocycles. The van der Waals surface area contributed by atoms with Crippen molar-refractivity contribution in [3.63, 3.8) is 0 Å². The molecule has 0 heterocycles. The van der Waals surface area contributed by atoms with Gasteiger partial charge in [0.1, 0.15) is 23.1 Å². The number of hydrogen-bond acceptors (Lipinski definition) is 9. The Morgan fingerprint density at radius 2 is 1.09 bits per heavy atom. The van der Waals surface area contributed by atoms with Crippen LogP contribution >= 0.6 is 34.8 Å². The lowest BCUT2D eigenvalue weighted by Crippen LogP contribution is -2.04. The van der Waals surface area contributed by atoms with E-state index in [-0.39, 0.29) is 34.1 Å². The van der Waals surface area contributed by atoms with Crippen LogP contribution in [0.3, 0.4) is 0 Å². The highest BCUT2D eigenvalue weighted by atomic mass is 35.5. The molecule has 7 N–H and O–H groups in total. The van der Waals surface area contributed by atoms with Crippen molar-refractivity contribution < 1.29 is 32.5 Å². The van der Waals surface area contributed by atoms with Crippen molar-refractivity contribution in [1.82, 2.24) is 0 Å². The smallest absolute Gasteiger partial charge is 0.307 e. The number of benzene rings is 3. The number of nitrogen functional groups attached to an aromatic ring is 1. The highest BCUT2D eigenvalue weighted by molar-refractivity contribution is 6.31. The van der Waals surface area contributed by atoms with Crippen LogP contribution in [0.5, 0.6) is 0 Å². The number of nitrogens with zero attached hydrogens (tertiary/aromatic N) is 2. The van der Waals surface area contributed by atoms with Gasteiger partial charge in [-0.05, 0) is 57.6 Å². The van der Waals surface area contributed by atoms with E-state index in [0.717, 1.165) is 37.4 Å². The molecule has 3 fully saturated rings. The summed E-state index contributed by atoms with van der Waals surface area (Å²) in [4.78, 5) is 19.0. The van der Waals surface area contributed by atoms with E-state index in [2.05, 4.69) is 10.6 Å². The van der Waals surface area contributed by atoms with Crippen LogP contribution < -0.4 is 22.1 Å². The summed E-state index contributed by atoms with van der Waals surface area (Å²) in [5.74, 6) is -3.40. The van der Waals surface area contributed by atoms with Gasteiger partial charge in [-0.1, -0.05) is 34.8 Å². The van der Waals surface area contributed by atoms with Crippen LogP contribution in [0.25, 0.3) is 0 Å². The zero-order valence-electron chi connectivity index (χ0n) is 24.9. The van der Waals surface area contributed by atoms with Crippen LogP contribution in [0.2, 0.25) is 15.1 Å². The zero-order valence-corrected chi connectivity index (χ0v) is 27.2. The molecule has 258 valence electrons. The third kappa shape index (κ3) is 14.3. The molecule has 3 aromatic rings. The molecule has 0 aliphatic heterocycles. The van der Waals surface area contributed by atoms with Gasteiger partial charge in [-0.3, -0.25) is 20.2 Å². The summed E-state index contributed by atoms with van der Waals surface area (Å²) >= 11 is 16.3. The van der Waals surface area contributed by atoms with Crippen molar-refractivity contribution in [2.24, 2.45) is 5.73 Å². The molecule has 47 heavy (non-hydrogen) atoms. The van der Waals surface area contributed by atoms with Gasteiger partial charge >= 0.3 is 5.69 Å². The third-order valence-electron chi connectivity index (χ3n) is 6.01. The number of nitrogens with two attached hydrogens (primary N) is 2. The molecule has 0 amide bonds. The number of nitrogens with one attached hydrogen (secondary N) is 2. The zero-order chi connectivity index (χ0) is 35.4. The Kier molecular flexibility index (Phi) is 15.7. The maximum absolute atomic E-state index is 13.0. The fourth-order valence-corrected chi connectivity index (χ4v) is 3.61. The SMILES string of the molecule is CCO.NC1CC1.Nc1cc(F)c(Cl)cc1NC1CC1.O=[N+]([O-])c1cc(F)c(Cl)cc1F.O=[N+]([O-])c1cc(F)c(Cl)cc1NC1CC1. The fourth-order valence-electron chi connectivity index (χ4n) is 3.13. The number of rotatable bonds is 6. The number of hydrogen-bond donors (Lipinski definition) is 5. The van der Waals surface area contributed by atoms with Crippen LogP contribution in [0.1, 0.15) is 45.4 Å². The predicted molar refractivity (Wildman–Crippen MR) is 175 cm³/mol. The number of halogens is 7. The van der Waals surface area contributed by atoms with Crippen LogP contribution in [0.4, 0.5) is 46.0 Å². The molecule has 3 aliphatic rings. The quantitative estimate of drug-likeness (QED) is 0.0549. The van der Waals surface area contributed by atoms with Gasteiger partial charge in [0.05, 0.1) is 48.4 Å². The lowest BCUT2D eigenvalue weighted by Gasteiger charge is -2.08. The first kappa shape index (κ1) is 39.5. The Bertz CT molecular complexity index is 1550. The Morgan fingerprint density at radius 1 is 0.723 bits per heavy atom. The summed E-state index contributed by atoms with van der Waals surface area (Å²) in [6.07, 6.45) is 6.78. The minimum Gasteiger partial charge on any atom is -0.397 e. The molecule has 0 radical (unpaired) electrons. The molecule has 0 bridgehead atoms. The summed E-state index contributed by atoms with van der Waals surface area (Å²) in [6.45, 7) is 1.93. The normalized spacial score (nSPS) is 14.3. The molecule has 3 aromatic carbocycles. The second-order valence-electron chi connectivity index (χ2n) is 10.4. The van der Waals surface area contributed by atoms with Crippen molar-refractivity contribution in [2.75, 3.05) is 23.0 Å². The molecule has 0 atom stereocenters. The van der Waals surface area contributed by atoms with Gasteiger partial charge in [0.2, 0.25) is 5.82 Å². The van der Waals surface area contributed by atoms with E-state index in [0.29, 0.717) is 29.9 Å². The molecule has 6 rings (SSSR count). The van der Waals surface area contributed by atoms with Crippen LogP contribution in [0.15, 0.2) is 36.4 Å². The molecule has 3 saturated carbocycles. The van der Waals surface area contributed by atoms with E-state index in [4.69, 9.17) is 51.4 Å². The van der Waals surface area contributed by atoms with Crippen LogP contribution in [-0.4, -0.2) is 39.7 Å². The maximum Gasteiger partial charge on any atom is 0.307 e. The van der Waals surface area contributed by atoms with E-state index in [9.17, 15) is 37.8 Å². The molecule has 0 unspecified atom stereocenters. The van der Waals surface area contributed by atoms with E-state index in [1.54, 1.807) is 6.92 Å². The van der Waals surface area contributed by atoms with Crippen molar-refractivity contribution in [3.05, 3.63) is 95.0 Å². The van der Waals surface area contributed by atoms with Gasteiger partial charge in [0.25, 0.3) is 5.69 Å². The number of nitro groups is 2. The highest BCUT2D eigenvalue weighted by Gasteiger charge is 2.26. The maximum atomic E-state index is 13.0. The van der Waals surface area contributed by atoms with Gasteiger partial charge in [0.15, 0.2) is 0 Å². The van der Waals surface area contributed by atoms with Gasteiger partial charge in [0, 0.05) is 36.9 Å². The van der Waals surface area contributed by atoms with Crippen LogP contribution in [-0.2, 0) is 0 Å². The molecular formula is C29H33Cl3F4N6O5. The second kappa shape index (κ2) is 18.6. The highest BCUT2D eigenvalue weighted by Crippen LogP contribution is 2.34. The summed E-state index contributed by atoms with van der Waals surface area (Å²) < 4.78 is 51.0. The molecule has 0 aromatic heterocycles. The predicted octanol–water partition coefficient (Wildman–Crippen LogP) is 8.23. The van der Waals surface area contributed by atoms with Gasteiger partial charge in [-0.15, -0.1) is 0 Å². The van der Waals surface area contributed by atoms with Crippen LogP contribution in [0, 0.1) is 43.5 Å². The Balaban J connectivity index is 0.000000223. The Morgan fingerprint density at radius 3 is 1.49 bits per heavy atom. The van der Waals surface area contributed by atoms with E-state index in [1.807, 2.05) is 0 Å². The van der Waals surface area contributed by atoms with E-state index < -0.39 is 43.8 Å². The first-order valence-electron chi connectivity index (χ1n) is 14.1. The molecule has 11 nitrogen and oxygen atoms in total. The second-order valence-corrected chi connectivity index (χ2v) is 11.6. The first-order valence-corrected chi connectivity index (χ1v) is 15.3. The Hall–Kier alpha value is -3.63. The van der Waals surface area contributed by atoms with E-state index in [1.165, 1.54) is 31.0 Å². The third-order valence-corrected chi connectivity index (χ3v) is 6.88. The fraction of sp³-hybridized carbons (Fsp3) is 0.379. The van der Waals surface area contributed by atoms with Gasteiger partial charge in [-0.2, -0.15) is 4.39 Å². The number of anilines is 3. The monoisotopic (exact) mass is 726 g/mol. The molecule has 0 spiro atoms. The van der Waals surface area contributed by atoms with Gasteiger partial charge in [-0.25, -0.2) is 13.2 Å². The summed E-state index contributed by atoms with van der Waals surface area (Å²) in [5, 5.41) is 33.9. The summed E-state index contributed by atoms with van der Waals surface area (Å²) in [5.41, 5.74) is 11.1. The minimum absolute atomic E-state index is 0.108. The lowest BCUT2D eigenvalue weighted by molar-refractivity contribution is -0.387. The Labute approximate surface area is 282 Å². The number of aliphatic hydroxyl groups is 1. The summed E-state index contributed by atoms with van der Waals surface area (Å²) in [6, 6.07) is 7.21. The standard InChI is InChI=1S/C9H8ClFN2O2.C9H10ClFN2.C6H2ClF2NO2.C3H7N.C2H6O/c10-6-3-8(12-5-1-2-5)9(13(14)15)4-7(6)11;10-6-3-9(13-5-1-2-5)8(12)4-7(6)11;7-3-1-5(9)6(10(11)12)2-4(3)8;4-3-1-2-3;1-2-3/h3-5,12H,1-2H2;3-5,13H,1-2,12H2;1-2H;3H,1-2,4H2;3H,2H2,1H3. The molecule has 0 saturated heterocycles. The van der Waals surface area contributed by atoms with Crippen molar-refractivity contribution >= 4 is 63.2 Å². The average Bonchev–Trinajstić information content (AvgIpc) is 3.84. The number of aliphatic hydroxyl groups excluding tert-OH is 1. The topological polar surface area (TPSA) is 183 Å². The average molecular weight is 728 g/mol. The van der Waals surface area contributed by atoms with E-state index >= 15 is 0 Å². The lowest BCUT2D eigenvalue weighted by atomic mass is 10.2. The molecule has 18 heteroatoms. The molecular weight excluding hydrogens is 695 g/mol. The summed E-state index contributed by atoms with van der Waals surface area (Å²) in [7, 11) is 0. The van der Waals surface area contributed by atoms with Crippen molar-refractivity contribution in [1.29, 1.82) is 0 Å². The minimum atomic E-state index is -1.15. The van der Waals surface area contributed by atoms with Gasteiger partial charge < -0.3 is 27.2 Å². The first-order chi connectivity index (χ1) is 22.1. The van der Waals surface area contributed by atoms with Crippen molar-refractivity contribution in [2.45, 2.75) is 63.6 Å². The van der Waals surface area contributed by atoms with Crippen molar-refractivity contribution in [3.8, 4) is 0 Å². The number of nitro benzene ring substituents is 2.